The Balaban J connectivity index is 2.96. The van der Waals surface area contributed by atoms with Crippen molar-refractivity contribution in [2.75, 3.05) is 23.9 Å². The molecule has 0 unspecified atom stereocenters. The maximum atomic E-state index is 11.1. The molecule has 0 bridgehead atoms. The molecule has 0 aliphatic heterocycles. The van der Waals surface area contributed by atoms with Gasteiger partial charge in [-0.1, -0.05) is 13.3 Å². The van der Waals surface area contributed by atoms with Crippen LogP contribution in [0.5, 0.6) is 0 Å². The summed E-state index contributed by atoms with van der Waals surface area (Å²) >= 11 is 0. The van der Waals surface area contributed by atoms with Gasteiger partial charge in [-0.2, -0.15) is 5.10 Å². The van der Waals surface area contributed by atoms with Crippen LogP contribution in [-0.2, 0) is 23.3 Å². The van der Waals surface area contributed by atoms with E-state index in [9.17, 15) is 18.5 Å². The van der Waals surface area contributed by atoms with Gasteiger partial charge in [-0.05, 0) is 6.42 Å². The Labute approximate surface area is 111 Å². The summed E-state index contributed by atoms with van der Waals surface area (Å²) in [5.41, 5.74) is 0.342. The van der Waals surface area contributed by atoms with Crippen LogP contribution in [0.15, 0.2) is 0 Å². The molecule has 0 amide bonds. The number of nitrogens with one attached hydrogen (secondary N) is 1. The predicted molar refractivity (Wildman–Crippen MR) is 72.1 cm³/mol. The first-order valence-corrected chi connectivity index (χ1v) is 7.94. The van der Waals surface area contributed by atoms with Crippen LogP contribution in [-0.4, -0.2) is 41.7 Å². The fourth-order valence-electron chi connectivity index (χ4n) is 1.72. The van der Waals surface area contributed by atoms with Crippen molar-refractivity contribution in [2.45, 2.75) is 19.8 Å². The van der Waals surface area contributed by atoms with Gasteiger partial charge in [0.25, 0.3) is 0 Å². The summed E-state index contributed by atoms with van der Waals surface area (Å²) in [5.74, 6) is 0.162. The largest absolute Gasteiger partial charge is 0.364 e. The third kappa shape index (κ3) is 4.19. The number of hydrogen-bond donors (Lipinski definition) is 1. The van der Waals surface area contributed by atoms with Gasteiger partial charge in [-0.25, -0.2) is 13.1 Å². The molecule has 1 aromatic heterocycles. The third-order valence-corrected chi connectivity index (χ3v) is 3.47. The van der Waals surface area contributed by atoms with Gasteiger partial charge in [0.05, 0.1) is 10.7 Å². The van der Waals surface area contributed by atoms with Crippen LogP contribution in [0.2, 0.25) is 0 Å². The molecular weight excluding hydrogens is 272 g/mol. The number of sulfone groups is 1. The first kappa shape index (κ1) is 15.4. The topological polar surface area (TPSA) is 107 Å². The van der Waals surface area contributed by atoms with Gasteiger partial charge in [-0.15, -0.1) is 0 Å². The van der Waals surface area contributed by atoms with Crippen molar-refractivity contribution < 1.29 is 13.3 Å². The highest BCUT2D eigenvalue weighted by atomic mass is 32.2. The minimum atomic E-state index is -3.11. The van der Waals surface area contributed by atoms with Crippen LogP contribution >= 0.6 is 0 Å². The van der Waals surface area contributed by atoms with E-state index >= 15 is 0 Å². The molecule has 9 heteroatoms. The molecule has 1 heterocycles. The molecule has 1 aromatic rings. The van der Waals surface area contributed by atoms with Crippen LogP contribution in [0.1, 0.15) is 19.0 Å². The molecular formula is C10H18N4O4S. The fraction of sp³-hybridized carbons (Fsp3) is 0.700. The lowest BCUT2D eigenvalue weighted by atomic mass is 10.2. The monoisotopic (exact) mass is 290 g/mol. The van der Waals surface area contributed by atoms with Crippen LogP contribution in [0.3, 0.4) is 0 Å². The van der Waals surface area contributed by atoms with E-state index in [0.29, 0.717) is 12.1 Å². The molecule has 0 aliphatic carbocycles. The standard InChI is InChI=1S/C10H18N4O4S/c1-4-5-8-9(14(15)16)10(13(2)12-8)11-6-7-19(3,17)18/h11H,4-7H2,1-3H3. The lowest BCUT2D eigenvalue weighted by Gasteiger charge is -2.04. The number of nitrogens with zero attached hydrogens (tertiary/aromatic N) is 3. The van der Waals surface area contributed by atoms with Gasteiger partial charge in [-0.3, -0.25) is 10.1 Å². The Morgan fingerprint density at radius 1 is 1.47 bits per heavy atom. The lowest BCUT2D eigenvalue weighted by molar-refractivity contribution is -0.384. The van der Waals surface area contributed by atoms with E-state index in [0.717, 1.165) is 12.7 Å². The van der Waals surface area contributed by atoms with Crippen molar-refractivity contribution in [3.8, 4) is 0 Å². The van der Waals surface area contributed by atoms with Gasteiger partial charge in [0.1, 0.15) is 15.5 Å². The minimum absolute atomic E-state index is 0.0714. The smallest absolute Gasteiger partial charge is 0.333 e. The number of aryl methyl sites for hydroxylation is 2. The molecule has 108 valence electrons. The minimum Gasteiger partial charge on any atom is -0.364 e. The predicted octanol–water partition coefficient (Wildman–Crippen LogP) is 0.737. The van der Waals surface area contributed by atoms with E-state index < -0.39 is 14.8 Å². The number of aromatic nitrogens is 2. The summed E-state index contributed by atoms with van der Waals surface area (Å²) < 4.78 is 23.5. The number of anilines is 1. The average molecular weight is 290 g/mol. The quantitative estimate of drug-likeness (QED) is 0.586. The summed E-state index contributed by atoms with van der Waals surface area (Å²) in [5, 5.41) is 18.0. The van der Waals surface area contributed by atoms with Gasteiger partial charge in [0.2, 0.25) is 5.82 Å². The first-order chi connectivity index (χ1) is 8.76. The fourth-order valence-corrected chi connectivity index (χ4v) is 2.19. The van der Waals surface area contributed by atoms with Crippen LogP contribution in [0, 0.1) is 10.1 Å². The molecule has 8 nitrogen and oxygen atoms in total. The van der Waals surface area contributed by atoms with Crippen molar-refractivity contribution in [1.29, 1.82) is 0 Å². The van der Waals surface area contributed by atoms with Gasteiger partial charge >= 0.3 is 5.69 Å². The molecule has 1 N–H and O–H groups in total. The second kappa shape index (κ2) is 6.00. The zero-order valence-electron chi connectivity index (χ0n) is 11.2. The summed E-state index contributed by atoms with van der Waals surface area (Å²) in [6.07, 6.45) is 2.38. The zero-order valence-corrected chi connectivity index (χ0v) is 12.0. The third-order valence-electron chi connectivity index (χ3n) is 2.53. The summed E-state index contributed by atoms with van der Waals surface area (Å²) in [6.45, 7) is 2.03. The van der Waals surface area contributed by atoms with Crippen LogP contribution < -0.4 is 5.32 Å². The first-order valence-electron chi connectivity index (χ1n) is 5.88. The molecule has 0 saturated heterocycles. The molecule has 0 spiro atoms. The van der Waals surface area contributed by atoms with Crippen molar-refractivity contribution in [3.63, 3.8) is 0 Å². The van der Waals surface area contributed by atoms with Crippen LogP contribution in [0.4, 0.5) is 11.5 Å². The highest BCUT2D eigenvalue weighted by Gasteiger charge is 2.25. The van der Waals surface area contributed by atoms with Gasteiger partial charge < -0.3 is 5.32 Å². The molecule has 0 aliphatic rings. The molecule has 0 atom stereocenters. The van der Waals surface area contributed by atoms with Crippen LogP contribution in [0.25, 0.3) is 0 Å². The molecule has 0 saturated carbocycles. The Kier molecular flexibility index (Phi) is 4.87. The number of nitro groups is 1. The maximum absolute atomic E-state index is 11.1. The Morgan fingerprint density at radius 2 is 2.11 bits per heavy atom. The summed E-state index contributed by atoms with van der Waals surface area (Å²) in [6, 6.07) is 0. The summed E-state index contributed by atoms with van der Waals surface area (Å²) in [7, 11) is -1.51. The average Bonchev–Trinajstić information content (AvgIpc) is 2.54. The van der Waals surface area contributed by atoms with E-state index in [4.69, 9.17) is 0 Å². The Bertz CT molecular complexity index is 564. The van der Waals surface area contributed by atoms with Gasteiger partial charge in [0.15, 0.2) is 0 Å². The highest BCUT2D eigenvalue weighted by molar-refractivity contribution is 7.90. The normalized spacial score (nSPS) is 11.5. The summed E-state index contributed by atoms with van der Waals surface area (Å²) in [4.78, 5) is 10.6. The van der Waals surface area contributed by atoms with Crippen molar-refractivity contribution in [3.05, 3.63) is 15.8 Å². The number of rotatable bonds is 7. The molecule has 0 fully saturated rings. The SMILES string of the molecule is CCCc1nn(C)c(NCCS(C)(=O)=O)c1[N+](=O)[O-]. The zero-order chi connectivity index (χ0) is 14.6. The van der Waals surface area contributed by atoms with E-state index in [2.05, 4.69) is 10.4 Å². The van der Waals surface area contributed by atoms with Crippen molar-refractivity contribution >= 4 is 21.3 Å². The second-order valence-electron chi connectivity index (χ2n) is 4.33. The van der Waals surface area contributed by atoms with E-state index in [1.165, 1.54) is 4.68 Å². The molecule has 19 heavy (non-hydrogen) atoms. The number of hydrogen-bond acceptors (Lipinski definition) is 6. The lowest BCUT2D eigenvalue weighted by Crippen LogP contribution is -2.16. The second-order valence-corrected chi connectivity index (χ2v) is 6.59. The molecule has 0 radical (unpaired) electrons. The molecule has 1 rings (SSSR count). The van der Waals surface area contributed by atoms with Crippen molar-refractivity contribution in [2.24, 2.45) is 7.05 Å². The van der Waals surface area contributed by atoms with Gasteiger partial charge in [0, 0.05) is 19.8 Å². The van der Waals surface area contributed by atoms with E-state index in [-0.39, 0.29) is 23.8 Å². The maximum Gasteiger partial charge on any atom is 0.333 e. The Morgan fingerprint density at radius 3 is 2.58 bits per heavy atom. The Hall–Kier alpha value is -1.64. The molecule has 0 aromatic carbocycles. The van der Waals surface area contributed by atoms with Crippen molar-refractivity contribution in [1.82, 2.24) is 9.78 Å². The van der Waals surface area contributed by atoms with E-state index in [1.54, 1.807) is 7.05 Å². The van der Waals surface area contributed by atoms with E-state index in [1.807, 2.05) is 6.92 Å². The highest BCUT2D eigenvalue weighted by Crippen LogP contribution is 2.28.